The highest BCUT2D eigenvalue weighted by atomic mass is 32.2. The molecule has 0 saturated carbocycles. The third-order valence-corrected chi connectivity index (χ3v) is 3.09. The van der Waals surface area contributed by atoms with Gasteiger partial charge in [-0.25, -0.2) is 0 Å². The SMILES string of the molecule is CC.CCCN1CCSC1C(O)O. The maximum Gasteiger partial charge on any atom is 0.177 e. The van der Waals surface area contributed by atoms with Crippen LogP contribution in [-0.4, -0.2) is 45.6 Å². The Bertz CT molecular complexity index is 122. The van der Waals surface area contributed by atoms with Gasteiger partial charge in [-0.05, 0) is 13.0 Å². The highest BCUT2D eigenvalue weighted by molar-refractivity contribution is 8.00. The molecular formula is C9H21NO2S. The number of rotatable bonds is 3. The van der Waals surface area contributed by atoms with Crippen LogP contribution in [0.2, 0.25) is 0 Å². The zero-order chi connectivity index (χ0) is 10.3. The molecular weight excluding hydrogens is 186 g/mol. The van der Waals surface area contributed by atoms with Gasteiger partial charge in [0.25, 0.3) is 0 Å². The van der Waals surface area contributed by atoms with Gasteiger partial charge in [-0.3, -0.25) is 4.90 Å². The molecule has 0 spiro atoms. The molecule has 0 aromatic carbocycles. The molecule has 0 amide bonds. The van der Waals surface area contributed by atoms with Crippen LogP contribution in [-0.2, 0) is 0 Å². The zero-order valence-electron chi connectivity index (χ0n) is 8.73. The Morgan fingerprint density at radius 2 is 2.08 bits per heavy atom. The van der Waals surface area contributed by atoms with E-state index >= 15 is 0 Å². The smallest absolute Gasteiger partial charge is 0.177 e. The molecule has 1 rings (SSSR count). The largest absolute Gasteiger partial charge is 0.366 e. The number of aliphatic hydroxyl groups excluding tert-OH is 1. The van der Waals surface area contributed by atoms with E-state index in [9.17, 15) is 0 Å². The molecule has 1 fully saturated rings. The lowest BCUT2D eigenvalue weighted by atomic mass is 10.4. The molecule has 0 radical (unpaired) electrons. The Kier molecular flexibility index (Phi) is 7.75. The molecule has 13 heavy (non-hydrogen) atoms. The minimum atomic E-state index is -1.19. The van der Waals surface area contributed by atoms with E-state index in [1.165, 1.54) is 0 Å². The fraction of sp³-hybridized carbons (Fsp3) is 1.00. The van der Waals surface area contributed by atoms with Crippen molar-refractivity contribution in [3.05, 3.63) is 0 Å². The van der Waals surface area contributed by atoms with Gasteiger partial charge in [0.1, 0.15) is 5.37 Å². The van der Waals surface area contributed by atoms with Crippen molar-refractivity contribution in [2.45, 2.75) is 38.9 Å². The molecule has 0 aromatic heterocycles. The van der Waals surface area contributed by atoms with Crippen molar-refractivity contribution in [2.24, 2.45) is 0 Å². The summed E-state index contributed by atoms with van der Waals surface area (Å²) in [5, 5.41) is 17.8. The average Bonchev–Trinajstić information content (AvgIpc) is 2.57. The second-order valence-corrected chi connectivity index (χ2v) is 3.94. The summed E-state index contributed by atoms with van der Waals surface area (Å²) in [4.78, 5) is 2.12. The summed E-state index contributed by atoms with van der Waals surface area (Å²) in [5.74, 6) is 1.02. The maximum absolute atomic E-state index is 8.94. The van der Waals surface area contributed by atoms with Crippen molar-refractivity contribution in [3.8, 4) is 0 Å². The molecule has 3 nitrogen and oxygen atoms in total. The molecule has 0 aromatic rings. The van der Waals surface area contributed by atoms with Crippen molar-refractivity contribution < 1.29 is 10.2 Å². The first-order chi connectivity index (χ1) is 6.25. The van der Waals surface area contributed by atoms with E-state index in [0.29, 0.717) is 0 Å². The third kappa shape index (κ3) is 4.31. The molecule has 0 aliphatic carbocycles. The number of thioether (sulfide) groups is 1. The van der Waals surface area contributed by atoms with E-state index in [2.05, 4.69) is 11.8 Å². The minimum absolute atomic E-state index is 0.0880. The lowest BCUT2D eigenvalue weighted by Gasteiger charge is -2.23. The average molecular weight is 207 g/mol. The van der Waals surface area contributed by atoms with Gasteiger partial charge < -0.3 is 10.2 Å². The monoisotopic (exact) mass is 207 g/mol. The lowest BCUT2D eigenvalue weighted by molar-refractivity contribution is -0.0691. The zero-order valence-corrected chi connectivity index (χ0v) is 9.55. The summed E-state index contributed by atoms with van der Waals surface area (Å²) in [7, 11) is 0. The lowest BCUT2D eigenvalue weighted by Crippen LogP contribution is -2.37. The number of aliphatic hydroxyl groups is 2. The Hall–Kier alpha value is 0.230. The molecule has 4 heteroatoms. The van der Waals surface area contributed by atoms with Crippen LogP contribution in [0.15, 0.2) is 0 Å². The van der Waals surface area contributed by atoms with E-state index < -0.39 is 6.29 Å². The van der Waals surface area contributed by atoms with Gasteiger partial charge >= 0.3 is 0 Å². The van der Waals surface area contributed by atoms with Gasteiger partial charge in [-0.2, -0.15) is 0 Å². The second kappa shape index (κ2) is 7.62. The first-order valence-electron chi connectivity index (χ1n) is 4.97. The standard InChI is InChI=1S/C7H15NO2S.C2H6/c1-2-3-8-4-5-11-6(8)7(9)10;1-2/h6-7,9-10H,2-5H2,1H3;1-2H3. The molecule has 2 N–H and O–H groups in total. The molecule has 1 heterocycles. The molecule has 1 aliphatic heterocycles. The third-order valence-electron chi connectivity index (χ3n) is 1.79. The first-order valence-corrected chi connectivity index (χ1v) is 6.02. The van der Waals surface area contributed by atoms with Crippen molar-refractivity contribution >= 4 is 11.8 Å². The summed E-state index contributed by atoms with van der Waals surface area (Å²) in [6.45, 7) is 8.06. The summed E-state index contributed by atoms with van der Waals surface area (Å²) in [6, 6.07) is 0. The van der Waals surface area contributed by atoms with Gasteiger partial charge in [0.05, 0.1) is 0 Å². The van der Waals surface area contributed by atoms with Gasteiger partial charge in [-0.15, -0.1) is 11.8 Å². The van der Waals surface area contributed by atoms with E-state index in [4.69, 9.17) is 10.2 Å². The molecule has 1 unspecified atom stereocenters. The molecule has 1 saturated heterocycles. The van der Waals surface area contributed by atoms with E-state index in [0.717, 1.165) is 25.3 Å². The van der Waals surface area contributed by atoms with Crippen LogP contribution >= 0.6 is 11.8 Å². The predicted octanol–water partition coefficient (Wildman–Crippen LogP) is 1.11. The molecule has 1 atom stereocenters. The second-order valence-electron chi connectivity index (χ2n) is 2.71. The van der Waals surface area contributed by atoms with Crippen LogP contribution in [0.4, 0.5) is 0 Å². The first kappa shape index (κ1) is 13.2. The van der Waals surface area contributed by atoms with Crippen LogP contribution < -0.4 is 0 Å². The van der Waals surface area contributed by atoms with Crippen molar-refractivity contribution in [3.63, 3.8) is 0 Å². The van der Waals surface area contributed by atoms with Crippen LogP contribution in [0, 0.1) is 0 Å². The van der Waals surface area contributed by atoms with Gasteiger partial charge in [-0.1, -0.05) is 20.8 Å². The summed E-state index contributed by atoms with van der Waals surface area (Å²) < 4.78 is 0. The van der Waals surface area contributed by atoms with E-state index in [-0.39, 0.29) is 5.37 Å². The Labute approximate surface area is 85.1 Å². The van der Waals surface area contributed by atoms with E-state index in [1.54, 1.807) is 11.8 Å². The van der Waals surface area contributed by atoms with Crippen LogP contribution in [0.5, 0.6) is 0 Å². The fourth-order valence-electron chi connectivity index (χ4n) is 1.32. The topological polar surface area (TPSA) is 43.7 Å². The van der Waals surface area contributed by atoms with Crippen LogP contribution in [0.3, 0.4) is 0 Å². The normalized spacial score (nSPS) is 23.1. The number of hydrogen-bond acceptors (Lipinski definition) is 4. The minimum Gasteiger partial charge on any atom is -0.366 e. The van der Waals surface area contributed by atoms with Gasteiger partial charge in [0.15, 0.2) is 6.29 Å². The highest BCUT2D eigenvalue weighted by Gasteiger charge is 2.29. The molecule has 0 bridgehead atoms. The summed E-state index contributed by atoms with van der Waals surface area (Å²) in [6.07, 6.45) is -0.113. The Morgan fingerprint density at radius 3 is 2.54 bits per heavy atom. The summed E-state index contributed by atoms with van der Waals surface area (Å²) in [5.41, 5.74) is 0. The quantitative estimate of drug-likeness (QED) is 0.680. The van der Waals surface area contributed by atoms with Crippen LogP contribution in [0.25, 0.3) is 0 Å². The maximum atomic E-state index is 8.94. The van der Waals surface area contributed by atoms with Crippen LogP contribution in [0.1, 0.15) is 27.2 Å². The van der Waals surface area contributed by atoms with Gasteiger partial charge in [0.2, 0.25) is 0 Å². The number of nitrogens with zero attached hydrogens (tertiary/aromatic N) is 1. The highest BCUT2D eigenvalue weighted by Crippen LogP contribution is 2.25. The Morgan fingerprint density at radius 1 is 1.46 bits per heavy atom. The molecule has 80 valence electrons. The molecule has 1 aliphatic rings. The predicted molar refractivity (Wildman–Crippen MR) is 57.7 cm³/mol. The van der Waals surface area contributed by atoms with Crippen molar-refractivity contribution in [1.82, 2.24) is 4.90 Å². The number of hydrogen-bond donors (Lipinski definition) is 2. The Balaban J connectivity index is 0.000000671. The fourth-order valence-corrected chi connectivity index (χ4v) is 2.50. The van der Waals surface area contributed by atoms with Crippen molar-refractivity contribution in [2.75, 3.05) is 18.8 Å². The van der Waals surface area contributed by atoms with E-state index in [1.807, 2.05) is 13.8 Å². The van der Waals surface area contributed by atoms with Crippen molar-refractivity contribution in [1.29, 1.82) is 0 Å². The summed E-state index contributed by atoms with van der Waals surface area (Å²) >= 11 is 1.62. The van der Waals surface area contributed by atoms with Gasteiger partial charge in [0, 0.05) is 12.3 Å².